The zero-order valence-corrected chi connectivity index (χ0v) is 13.2. The van der Waals surface area contributed by atoms with Gasteiger partial charge in [-0.05, 0) is 41.0 Å². The third-order valence-corrected chi connectivity index (χ3v) is 4.72. The van der Waals surface area contributed by atoms with E-state index >= 15 is 0 Å². The molecule has 1 nitrogen and oxygen atoms in total. The largest absolute Gasteiger partial charge is 0.398 e. The number of hydrogen-bond donors (Lipinski definition) is 1. The summed E-state index contributed by atoms with van der Waals surface area (Å²) in [5.74, 6) is 0.588. The van der Waals surface area contributed by atoms with Crippen molar-refractivity contribution in [1.29, 1.82) is 0 Å². The minimum absolute atomic E-state index is 0.156. The highest BCUT2D eigenvalue weighted by molar-refractivity contribution is 5.79. The molecule has 0 spiro atoms. The van der Waals surface area contributed by atoms with Crippen molar-refractivity contribution in [1.82, 2.24) is 0 Å². The number of benzene rings is 2. The smallest absolute Gasteiger partial charge is 0.0393 e. The standard InChI is InChI=1S/C19H25N/c1-13(2)19(4,5)17-11-8-10-15(14(17)3)16-9-6-7-12-18(16)20/h6-13H,20H2,1-5H3. The minimum atomic E-state index is 0.156. The van der Waals surface area contributed by atoms with Gasteiger partial charge in [0.25, 0.3) is 0 Å². The lowest BCUT2D eigenvalue weighted by Crippen LogP contribution is -2.25. The first-order valence-corrected chi connectivity index (χ1v) is 7.30. The summed E-state index contributed by atoms with van der Waals surface area (Å²) >= 11 is 0. The van der Waals surface area contributed by atoms with Crippen LogP contribution in [0.4, 0.5) is 5.69 Å². The third kappa shape index (κ3) is 2.45. The van der Waals surface area contributed by atoms with Gasteiger partial charge in [-0.1, -0.05) is 64.1 Å². The highest BCUT2D eigenvalue weighted by Gasteiger charge is 2.27. The summed E-state index contributed by atoms with van der Waals surface area (Å²) in [4.78, 5) is 0. The van der Waals surface area contributed by atoms with Gasteiger partial charge >= 0.3 is 0 Å². The summed E-state index contributed by atoms with van der Waals surface area (Å²) in [5, 5.41) is 0. The van der Waals surface area contributed by atoms with Gasteiger partial charge in [-0.15, -0.1) is 0 Å². The fourth-order valence-corrected chi connectivity index (χ4v) is 2.68. The molecule has 0 bridgehead atoms. The molecule has 0 aliphatic carbocycles. The summed E-state index contributed by atoms with van der Waals surface area (Å²) in [6.45, 7) is 11.4. The van der Waals surface area contributed by atoms with E-state index in [-0.39, 0.29) is 5.41 Å². The van der Waals surface area contributed by atoms with Crippen LogP contribution in [0.5, 0.6) is 0 Å². The number of rotatable bonds is 3. The Hall–Kier alpha value is -1.76. The summed E-state index contributed by atoms with van der Waals surface area (Å²) < 4.78 is 0. The van der Waals surface area contributed by atoms with Crippen LogP contribution in [0.25, 0.3) is 11.1 Å². The molecule has 0 aliphatic heterocycles. The molecule has 2 N–H and O–H groups in total. The molecule has 0 unspecified atom stereocenters. The topological polar surface area (TPSA) is 26.0 Å². The minimum Gasteiger partial charge on any atom is -0.398 e. The summed E-state index contributed by atoms with van der Waals surface area (Å²) in [5.41, 5.74) is 12.3. The first-order valence-electron chi connectivity index (χ1n) is 7.30. The average molecular weight is 267 g/mol. The Balaban J connectivity index is 2.62. The van der Waals surface area contributed by atoms with Crippen LogP contribution in [-0.4, -0.2) is 0 Å². The highest BCUT2D eigenvalue weighted by atomic mass is 14.6. The lowest BCUT2D eigenvalue weighted by molar-refractivity contribution is 0.370. The maximum atomic E-state index is 6.14. The van der Waals surface area contributed by atoms with Crippen molar-refractivity contribution in [3.05, 3.63) is 53.6 Å². The number of hydrogen-bond acceptors (Lipinski definition) is 1. The molecule has 0 amide bonds. The van der Waals surface area contributed by atoms with Crippen LogP contribution in [0.1, 0.15) is 38.8 Å². The Morgan fingerprint density at radius 1 is 0.900 bits per heavy atom. The average Bonchev–Trinajstić information content (AvgIpc) is 2.39. The third-order valence-electron chi connectivity index (χ3n) is 4.72. The van der Waals surface area contributed by atoms with Gasteiger partial charge in [0.2, 0.25) is 0 Å². The van der Waals surface area contributed by atoms with Crippen molar-refractivity contribution in [3.8, 4) is 11.1 Å². The molecule has 0 aliphatic rings. The van der Waals surface area contributed by atoms with Gasteiger partial charge in [0.05, 0.1) is 0 Å². The second-order valence-electron chi connectivity index (χ2n) is 6.44. The van der Waals surface area contributed by atoms with Crippen molar-refractivity contribution >= 4 is 5.69 Å². The van der Waals surface area contributed by atoms with Crippen LogP contribution in [0, 0.1) is 12.8 Å². The molecule has 106 valence electrons. The first-order chi connectivity index (χ1) is 9.35. The van der Waals surface area contributed by atoms with Crippen molar-refractivity contribution in [3.63, 3.8) is 0 Å². The fraction of sp³-hybridized carbons (Fsp3) is 0.368. The molecular formula is C19H25N. The molecule has 2 aromatic carbocycles. The maximum absolute atomic E-state index is 6.14. The van der Waals surface area contributed by atoms with E-state index in [9.17, 15) is 0 Å². The maximum Gasteiger partial charge on any atom is 0.0393 e. The van der Waals surface area contributed by atoms with Gasteiger partial charge in [-0.3, -0.25) is 0 Å². The molecule has 0 fully saturated rings. The van der Waals surface area contributed by atoms with Gasteiger partial charge < -0.3 is 5.73 Å². The van der Waals surface area contributed by atoms with Crippen molar-refractivity contribution in [2.45, 2.75) is 40.0 Å². The van der Waals surface area contributed by atoms with E-state index in [0.717, 1.165) is 11.3 Å². The van der Waals surface area contributed by atoms with E-state index < -0.39 is 0 Å². The van der Waals surface area contributed by atoms with Gasteiger partial charge in [-0.2, -0.15) is 0 Å². The monoisotopic (exact) mass is 267 g/mol. The quantitative estimate of drug-likeness (QED) is 0.762. The Morgan fingerprint density at radius 2 is 1.50 bits per heavy atom. The molecular weight excluding hydrogens is 242 g/mol. The predicted molar refractivity (Wildman–Crippen MR) is 88.9 cm³/mol. The zero-order valence-electron chi connectivity index (χ0n) is 13.2. The van der Waals surface area contributed by atoms with Crippen LogP contribution in [-0.2, 0) is 5.41 Å². The summed E-state index contributed by atoms with van der Waals surface area (Å²) in [7, 11) is 0. The molecule has 1 heteroatoms. The molecule has 0 heterocycles. The molecule has 2 rings (SSSR count). The molecule has 0 saturated carbocycles. The highest BCUT2D eigenvalue weighted by Crippen LogP contribution is 2.38. The molecule has 20 heavy (non-hydrogen) atoms. The predicted octanol–water partition coefficient (Wildman–Crippen LogP) is 5.18. The summed E-state index contributed by atoms with van der Waals surface area (Å²) in [6, 6.07) is 14.7. The van der Waals surface area contributed by atoms with E-state index in [1.807, 2.05) is 18.2 Å². The van der Waals surface area contributed by atoms with E-state index in [2.05, 4.69) is 58.9 Å². The molecule has 0 atom stereocenters. The molecule has 0 saturated heterocycles. The fourth-order valence-electron chi connectivity index (χ4n) is 2.68. The first kappa shape index (κ1) is 14.6. The van der Waals surface area contributed by atoms with Crippen molar-refractivity contribution < 1.29 is 0 Å². The van der Waals surface area contributed by atoms with E-state index in [1.165, 1.54) is 16.7 Å². The van der Waals surface area contributed by atoms with Gasteiger partial charge in [0, 0.05) is 11.3 Å². The van der Waals surface area contributed by atoms with Crippen molar-refractivity contribution in [2.75, 3.05) is 5.73 Å². The molecule has 2 aromatic rings. The number of nitrogens with two attached hydrogens (primary N) is 1. The molecule has 0 radical (unpaired) electrons. The van der Waals surface area contributed by atoms with Crippen LogP contribution in [0.15, 0.2) is 42.5 Å². The van der Waals surface area contributed by atoms with Gasteiger partial charge in [0.15, 0.2) is 0 Å². The lowest BCUT2D eigenvalue weighted by Gasteiger charge is -2.32. The Labute approximate surface area is 122 Å². The van der Waals surface area contributed by atoms with E-state index in [0.29, 0.717) is 5.92 Å². The number of anilines is 1. The van der Waals surface area contributed by atoms with Gasteiger partial charge in [-0.25, -0.2) is 0 Å². The van der Waals surface area contributed by atoms with Crippen molar-refractivity contribution in [2.24, 2.45) is 5.92 Å². The second kappa shape index (κ2) is 5.32. The summed E-state index contributed by atoms with van der Waals surface area (Å²) in [6.07, 6.45) is 0. The molecule has 0 aromatic heterocycles. The van der Waals surface area contributed by atoms with Crippen LogP contribution < -0.4 is 5.73 Å². The Morgan fingerprint density at radius 3 is 2.10 bits per heavy atom. The second-order valence-corrected chi connectivity index (χ2v) is 6.44. The van der Waals surface area contributed by atoms with Gasteiger partial charge in [0.1, 0.15) is 0 Å². The van der Waals surface area contributed by atoms with Crippen LogP contribution in [0.3, 0.4) is 0 Å². The number of nitrogen functional groups attached to an aromatic ring is 1. The normalized spacial score (nSPS) is 11.9. The SMILES string of the molecule is Cc1c(-c2ccccc2N)cccc1C(C)(C)C(C)C. The van der Waals surface area contributed by atoms with E-state index in [4.69, 9.17) is 5.73 Å². The zero-order chi connectivity index (χ0) is 14.9. The van der Waals surface area contributed by atoms with Crippen LogP contribution in [0.2, 0.25) is 0 Å². The Kier molecular flexibility index (Phi) is 3.89. The lowest BCUT2D eigenvalue weighted by atomic mass is 9.72. The van der Waals surface area contributed by atoms with Crippen LogP contribution >= 0.6 is 0 Å². The van der Waals surface area contributed by atoms with E-state index in [1.54, 1.807) is 0 Å². The Bertz CT molecular complexity index is 609. The number of para-hydroxylation sites is 1.